The fourth-order valence-corrected chi connectivity index (χ4v) is 7.26. The van der Waals surface area contributed by atoms with E-state index < -0.39 is 28.5 Å². The number of nitrogens with zero attached hydrogens (tertiary/aromatic N) is 2. The van der Waals surface area contributed by atoms with Gasteiger partial charge in [-0.15, -0.1) is 0 Å². The maximum Gasteiger partial charge on any atom is 0.264 e. The molecular formula is C37H41N3O5S. The van der Waals surface area contributed by atoms with E-state index in [0.29, 0.717) is 11.4 Å². The molecule has 1 aliphatic carbocycles. The molecule has 1 atom stereocenters. The van der Waals surface area contributed by atoms with Crippen molar-refractivity contribution >= 4 is 27.5 Å². The van der Waals surface area contributed by atoms with Crippen LogP contribution in [-0.4, -0.2) is 50.9 Å². The summed E-state index contributed by atoms with van der Waals surface area (Å²) >= 11 is 0. The van der Waals surface area contributed by atoms with Crippen LogP contribution in [0.3, 0.4) is 0 Å². The highest BCUT2D eigenvalue weighted by molar-refractivity contribution is 7.92. The number of anilines is 1. The molecule has 2 amide bonds. The summed E-state index contributed by atoms with van der Waals surface area (Å²) < 4.78 is 34.8. The van der Waals surface area contributed by atoms with E-state index in [2.05, 4.69) is 5.32 Å². The van der Waals surface area contributed by atoms with E-state index in [4.69, 9.17) is 4.74 Å². The third-order valence-corrected chi connectivity index (χ3v) is 10.2. The number of rotatable bonds is 13. The molecule has 1 saturated carbocycles. The standard InChI is InChI=1S/C37H41N3O5S/c1-28-20-22-34(23-21-28)46(43,44)40(32-17-7-4-8-18-32)27-36(41)39(26-30-14-11-19-33(24-30)45-2)35(25-29-12-5-3-6-13-29)37(42)38-31-15-9-10-16-31/h3-8,11-14,17-24,31,35H,9-10,15-16,25-27H2,1-2H3,(H,38,42)/t35-/m0/s1. The van der Waals surface area contributed by atoms with Gasteiger partial charge in [-0.1, -0.05) is 91.2 Å². The number of hydrogen-bond acceptors (Lipinski definition) is 5. The number of methoxy groups -OCH3 is 1. The predicted octanol–water partition coefficient (Wildman–Crippen LogP) is 5.90. The minimum absolute atomic E-state index is 0.0438. The Balaban J connectivity index is 1.56. The minimum Gasteiger partial charge on any atom is -0.497 e. The second kappa shape index (κ2) is 15.1. The van der Waals surface area contributed by atoms with Crippen molar-refractivity contribution in [2.75, 3.05) is 18.0 Å². The topological polar surface area (TPSA) is 96.0 Å². The van der Waals surface area contributed by atoms with Gasteiger partial charge in [0.2, 0.25) is 11.8 Å². The lowest BCUT2D eigenvalue weighted by Gasteiger charge is -2.34. The Morgan fingerprint density at radius 3 is 2.13 bits per heavy atom. The number of carbonyl (C=O) groups excluding carboxylic acids is 2. The van der Waals surface area contributed by atoms with Crippen molar-refractivity contribution in [2.24, 2.45) is 0 Å². The number of benzene rings is 4. The Morgan fingerprint density at radius 1 is 0.848 bits per heavy atom. The van der Waals surface area contributed by atoms with Crippen LogP contribution in [0.25, 0.3) is 0 Å². The van der Waals surface area contributed by atoms with Crippen molar-refractivity contribution in [2.45, 2.75) is 62.6 Å². The molecule has 0 bridgehead atoms. The number of sulfonamides is 1. The molecule has 0 saturated heterocycles. The van der Waals surface area contributed by atoms with E-state index in [-0.39, 0.29) is 29.8 Å². The van der Waals surface area contributed by atoms with Gasteiger partial charge in [-0.25, -0.2) is 8.42 Å². The van der Waals surface area contributed by atoms with Crippen molar-refractivity contribution in [1.82, 2.24) is 10.2 Å². The Morgan fingerprint density at radius 2 is 1.48 bits per heavy atom. The van der Waals surface area contributed by atoms with Gasteiger partial charge in [0.25, 0.3) is 10.0 Å². The number of amides is 2. The van der Waals surface area contributed by atoms with Crippen LogP contribution in [0.5, 0.6) is 5.75 Å². The number of ether oxygens (including phenoxy) is 1. The second-order valence-electron chi connectivity index (χ2n) is 11.7. The van der Waals surface area contributed by atoms with Crippen molar-refractivity contribution in [3.63, 3.8) is 0 Å². The SMILES string of the molecule is COc1cccc(CN(C(=O)CN(c2ccccc2)S(=O)(=O)c2ccc(C)cc2)[C@@H](Cc2ccccc2)C(=O)NC2CCCC2)c1. The van der Waals surface area contributed by atoms with Crippen LogP contribution in [0.4, 0.5) is 5.69 Å². The highest BCUT2D eigenvalue weighted by Gasteiger charge is 2.35. The van der Waals surface area contributed by atoms with Crippen molar-refractivity contribution in [3.8, 4) is 5.75 Å². The summed E-state index contributed by atoms with van der Waals surface area (Å²) in [5.41, 5.74) is 2.92. The summed E-state index contributed by atoms with van der Waals surface area (Å²) in [7, 11) is -2.57. The van der Waals surface area contributed by atoms with Crippen LogP contribution < -0.4 is 14.4 Å². The zero-order valence-corrected chi connectivity index (χ0v) is 27.2. The molecular weight excluding hydrogens is 598 g/mol. The van der Waals surface area contributed by atoms with Gasteiger partial charge in [0.15, 0.2) is 0 Å². The van der Waals surface area contributed by atoms with E-state index in [1.165, 1.54) is 4.90 Å². The maximum absolute atomic E-state index is 14.6. The first kappa shape index (κ1) is 32.8. The Kier molecular flexibility index (Phi) is 10.8. The molecule has 1 fully saturated rings. The van der Waals surface area contributed by atoms with Gasteiger partial charge >= 0.3 is 0 Å². The third-order valence-electron chi connectivity index (χ3n) is 8.39. The van der Waals surface area contributed by atoms with Crippen LogP contribution in [-0.2, 0) is 32.6 Å². The highest BCUT2D eigenvalue weighted by atomic mass is 32.2. The number of hydrogen-bond donors (Lipinski definition) is 1. The molecule has 0 aromatic heterocycles. The second-order valence-corrected chi connectivity index (χ2v) is 13.6. The van der Waals surface area contributed by atoms with Gasteiger partial charge < -0.3 is 15.0 Å². The molecule has 0 radical (unpaired) electrons. The summed E-state index contributed by atoms with van der Waals surface area (Å²) in [6.45, 7) is 1.47. The summed E-state index contributed by atoms with van der Waals surface area (Å²) in [6, 6.07) is 31.2. The molecule has 0 unspecified atom stereocenters. The summed E-state index contributed by atoms with van der Waals surface area (Å²) in [5.74, 6) is -0.128. The Bertz CT molecular complexity index is 1710. The molecule has 1 aliphatic rings. The molecule has 9 heteroatoms. The number of aryl methyl sites for hydroxylation is 1. The van der Waals surface area contributed by atoms with E-state index >= 15 is 0 Å². The van der Waals surface area contributed by atoms with E-state index in [1.54, 1.807) is 61.7 Å². The first-order chi connectivity index (χ1) is 22.2. The summed E-state index contributed by atoms with van der Waals surface area (Å²) in [6.07, 6.45) is 4.15. The van der Waals surface area contributed by atoms with Crippen molar-refractivity contribution in [3.05, 3.63) is 126 Å². The molecule has 0 spiro atoms. The van der Waals surface area contributed by atoms with Gasteiger partial charge in [0, 0.05) is 19.0 Å². The molecule has 8 nitrogen and oxygen atoms in total. The van der Waals surface area contributed by atoms with Gasteiger partial charge in [0.1, 0.15) is 18.3 Å². The molecule has 4 aromatic rings. The van der Waals surface area contributed by atoms with Crippen LogP contribution >= 0.6 is 0 Å². The van der Waals surface area contributed by atoms with E-state index in [9.17, 15) is 18.0 Å². The van der Waals surface area contributed by atoms with Crippen LogP contribution in [0.2, 0.25) is 0 Å². The molecule has 240 valence electrons. The predicted molar refractivity (Wildman–Crippen MR) is 180 cm³/mol. The van der Waals surface area contributed by atoms with E-state index in [0.717, 1.165) is 46.7 Å². The maximum atomic E-state index is 14.6. The van der Waals surface area contributed by atoms with Gasteiger partial charge in [-0.3, -0.25) is 13.9 Å². The molecule has 0 heterocycles. The van der Waals surface area contributed by atoms with Crippen molar-refractivity contribution < 1.29 is 22.7 Å². The largest absolute Gasteiger partial charge is 0.497 e. The van der Waals surface area contributed by atoms with Gasteiger partial charge in [0.05, 0.1) is 17.7 Å². The van der Waals surface area contributed by atoms with Gasteiger partial charge in [-0.05, 0) is 67.3 Å². The highest BCUT2D eigenvalue weighted by Crippen LogP contribution is 2.26. The van der Waals surface area contributed by atoms with Crippen LogP contribution in [0.1, 0.15) is 42.4 Å². The smallest absolute Gasteiger partial charge is 0.264 e. The first-order valence-corrected chi connectivity index (χ1v) is 17.1. The monoisotopic (exact) mass is 639 g/mol. The Hall–Kier alpha value is -4.63. The Labute approximate surface area is 272 Å². The molecule has 46 heavy (non-hydrogen) atoms. The quantitative estimate of drug-likeness (QED) is 0.197. The van der Waals surface area contributed by atoms with E-state index in [1.807, 2.05) is 61.5 Å². The lowest BCUT2D eigenvalue weighted by atomic mass is 10.0. The zero-order chi connectivity index (χ0) is 32.5. The number of nitrogens with one attached hydrogen (secondary N) is 1. The lowest BCUT2D eigenvalue weighted by Crippen LogP contribution is -2.54. The fraction of sp³-hybridized carbons (Fsp3) is 0.297. The number of carbonyl (C=O) groups is 2. The normalized spacial score (nSPS) is 14.0. The molecule has 5 rings (SSSR count). The van der Waals surface area contributed by atoms with Gasteiger partial charge in [-0.2, -0.15) is 0 Å². The van der Waals surface area contributed by atoms with Crippen LogP contribution in [0, 0.1) is 6.92 Å². The molecule has 4 aromatic carbocycles. The summed E-state index contributed by atoms with van der Waals surface area (Å²) in [5, 5.41) is 3.20. The number of para-hydroxylation sites is 1. The zero-order valence-electron chi connectivity index (χ0n) is 26.3. The molecule has 1 N–H and O–H groups in total. The summed E-state index contributed by atoms with van der Waals surface area (Å²) in [4.78, 5) is 30.3. The van der Waals surface area contributed by atoms with Crippen LogP contribution in [0.15, 0.2) is 114 Å². The average Bonchev–Trinajstić information content (AvgIpc) is 3.59. The third kappa shape index (κ3) is 8.14. The molecule has 0 aliphatic heterocycles. The van der Waals surface area contributed by atoms with Crippen molar-refractivity contribution in [1.29, 1.82) is 0 Å². The lowest BCUT2D eigenvalue weighted by molar-refractivity contribution is -0.140. The fourth-order valence-electron chi connectivity index (χ4n) is 5.85. The first-order valence-electron chi connectivity index (χ1n) is 15.7. The average molecular weight is 640 g/mol. The minimum atomic E-state index is -4.14.